The number of carbonyl (C=O) groups excluding carboxylic acids is 3. The number of piperidine rings is 1. The number of carbonyl (C=O) groups is 3. The molecule has 164 valence electrons. The van der Waals surface area contributed by atoms with E-state index in [0.29, 0.717) is 17.0 Å². The zero-order valence-corrected chi connectivity index (χ0v) is 17.9. The predicted molar refractivity (Wildman–Crippen MR) is 119 cm³/mol. The zero-order valence-electron chi connectivity index (χ0n) is 17.9. The number of Topliss-reactive ketones (excluding diaryl/α,β-unsaturated/α-hetero) is 1. The Hall–Kier alpha value is -3.35. The number of benzene rings is 2. The second kappa shape index (κ2) is 10.6. The average Bonchev–Trinajstić information content (AvgIpc) is 2.79. The molecule has 0 saturated carbocycles. The van der Waals surface area contributed by atoms with Crippen LogP contribution in [0.4, 0.5) is 11.4 Å². The minimum absolute atomic E-state index is 0.0491. The topological polar surface area (TPSA) is 84.9 Å². The molecule has 0 radical (unpaired) electrons. The Balaban J connectivity index is 1.44. The molecule has 1 saturated heterocycles. The summed E-state index contributed by atoms with van der Waals surface area (Å²) >= 11 is 0. The highest BCUT2D eigenvalue weighted by molar-refractivity contribution is 5.95. The Labute approximate surface area is 182 Å². The van der Waals surface area contributed by atoms with Gasteiger partial charge in [0.05, 0.1) is 0 Å². The number of ether oxygens (including phenoxy) is 2. The smallest absolute Gasteiger partial charge is 0.344 e. The van der Waals surface area contributed by atoms with Gasteiger partial charge in [0.2, 0.25) is 0 Å². The molecule has 0 bridgehead atoms. The standard InChI is InChI=1S/C24H28N2O5/c1-17(27)19-6-12-22(13-7-19)30-16-23(28)31-18(2)24(29)25-20-8-10-21(11-9-20)26-14-4-3-5-15-26/h6-13,18H,3-5,14-16H2,1-2H3,(H,25,29). The third-order valence-electron chi connectivity index (χ3n) is 5.15. The molecule has 1 aliphatic rings. The minimum Gasteiger partial charge on any atom is -0.482 e. The fourth-order valence-electron chi connectivity index (χ4n) is 3.36. The summed E-state index contributed by atoms with van der Waals surface area (Å²) in [6.45, 7) is 4.77. The maximum Gasteiger partial charge on any atom is 0.344 e. The largest absolute Gasteiger partial charge is 0.482 e. The van der Waals surface area contributed by atoms with Crippen LogP contribution in [0.25, 0.3) is 0 Å². The van der Waals surface area contributed by atoms with E-state index in [1.54, 1.807) is 24.3 Å². The first-order chi connectivity index (χ1) is 14.9. The third kappa shape index (κ3) is 6.57. The molecule has 1 atom stereocenters. The van der Waals surface area contributed by atoms with E-state index < -0.39 is 18.0 Å². The molecule has 1 heterocycles. The van der Waals surface area contributed by atoms with E-state index in [9.17, 15) is 14.4 Å². The lowest BCUT2D eigenvalue weighted by Gasteiger charge is -2.28. The van der Waals surface area contributed by atoms with Gasteiger partial charge in [-0.25, -0.2) is 4.79 Å². The lowest BCUT2D eigenvalue weighted by atomic mass is 10.1. The molecule has 7 heteroatoms. The molecule has 0 aromatic heterocycles. The molecule has 7 nitrogen and oxygen atoms in total. The highest BCUT2D eigenvalue weighted by Crippen LogP contribution is 2.22. The number of amides is 1. The molecular formula is C24H28N2O5. The van der Waals surface area contributed by atoms with Gasteiger partial charge in [0.25, 0.3) is 5.91 Å². The van der Waals surface area contributed by atoms with Gasteiger partial charge in [-0.15, -0.1) is 0 Å². The summed E-state index contributed by atoms with van der Waals surface area (Å²) in [5, 5.41) is 2.76. The van der Waals surface area contributed by atoms with E-state index in [1.807, 2.05) is 24.3 Å². The molecule has 2 aromatic carbocycles. The van der Waals surface area contributed by atoms with Crippen molar-refractivity contribution >= 4 is 29.0 Å². The third-order valence-corrected chi connectivity index (χ3v) is 5.15. The predicted octanol–water partition coefficient (Wildman–Crippen LogP) is 3.83. The highest BCUT2D eigenvalue weighted by Gasteiger charge is 2.19. The minimum atomic E-state index is -0.960. The van der Waals surface area contributed by atoms with Gasteiger partial charge in [-0.2, -0.15) is 0 Å². The van der Waals surface area contributed by atoms with E-state index in [1.165, 1.54) is 33.1 Å². The summed E-state index contributed by atoms with van der Waals surface area (Å²) in [6.07, 6.45) is 2.72. The van der Waals surface area contributed by atoms with Crippen molar-refractivity contribution in [3.05, 3.63) is 54.1 Å². The number of nitrogens with zero attached hydrogens (tertiary/aromatic N) is 1. The van der Waals surface area contributed by atoms with Gasteiger partial charge in [0, 0.05) is 30.0 Å². The van der Waals surface area contributed by atoms with Crippen LogP contribution in [0.3, 0.4) is 0 Å². The fraction of sp³-hybridized carbons (Fsp3) is 0.375. The molecular weight excluding hydrogens is 396 g/mol. The Kier molecular flexibility index (Phi) is 7.65. The molecule has 1 unspecified atom stereocenters. The van der Waals surface area contributed by atoms with Gasteiger partial charge in [-0.1, -0.05) is 0 Å². The molecule has 31 heavy (non-hydrogen) atoms. The summed E-state index contributed by atoms with van der Waals surface area (Å²) in [5.41, 5.74) is 2.35. The molecule has 1 fully saturated rings. The number of hydrogen-bond donors (Lipinski definition) is 1. The van der Waals surface area contributed by atoms with Crippen molar-refractivity contribution in [2.24, 2.45) is 0 Å². The van der Waals surface area contributed by atoms with E-state index >= 15 is 0 Å². The second-order valence-corrected chi connectivity index (χ2v) is 7.59. The first kappa shape index (κ1) is 22.3. The van der Waals surface area contributed by atoms with Crippen LogP contribution < -0.4 is 15.0 Å². The summed E-state index contributed by atoms with van der Waals surface area (Å²) in [5.74, 6) is -0.677. The van der Waals surface area contributed by atoms with Gasteiger partial charge >= 0.3 is 5.97 Å². The van der Waals surface area contributed by atoms with Crippen molar-refractivity contribution < 1.29 is 23.9 Å². The lowest BCUT2D eigenvalue weighted by Crippen LogP contribution is -2.31. The van der Waals surface area contributed by atoms with E-state index in [2.05, 4.69) is 10.2 Å². The van der Waals surface area contributed by atoms with Crippen LogP contribution in [0.15, 0.2) is 48.5 Å². The molecule has 3 rings (SSSR count). The maximum atomic E-state index is 12.3. The van der Waals surface area contributed by atoms with E-state index in [-0.39, 0.29) is 12.4 Å². The second-order valence-electron chi connectivity index (χ2n) is 7.59. The van der Waals surface area contributed by atoms with Crippen molar-refractivity contribution in [3.8, 4) is 5.75 Å². The van der Waals surface area contributed by atoms with Gasteiger partial charge < -0.3 is 19.7 Å². The quantitative estimate of drug-likeness (QED) is 0.512. The summed E-state index contributed by atoms with van der Waals surface area (Å²) in [6, 6.07) is 14.1. The Morgan fingerprint density at radius 1 is 0.968 bits per heavy atom. The van der Waals surface area contributed by atoms with Crippen LogP contribution in [0.2, 0.25) is 0 Å². The highest BCUT2D eigenvalue weighted by atomic mass is 16.6. The van der Waals surface area contributed by atoms with Crippen molar-refractivity contribution in [2.45, 2.75) is 39.2 Å². The van der Waals surface area contributed by atoms with Gasteiger partial charge in [-0.3, -0.25) is 9.59 Å². The number of ketones is 1. The maximum absolute atomic E-state index is 12.3. The van der Waals surface area contributed by atoms with Gasteiger partial charge in [0.15, 0.2) is 18.5 Å². The van der Waals surface area contributed by atoms with Crippen LogP contribution in [0.1, 0.15) is 43.5 Å². The van der Waals surface area contributed by atoms with E-state index in [4.69, 9.17) is 9.47 Å². The molecule has 2 aromatic rings. The van der Waals surface area contributed by atoms with Gasteiger partial charge in [0.1, 0.15) is 5.75 Å². The molecule has 0 spiro atoms. The normalized spacial score (nSPS) is 14.5. The van der Waals surface area contributed by atoms with Gasteiger partial charge in [-0.05, 0) is 81.6 Å². The van der Waals surface area contributed by atoms with Crippen LogP contribution >= 0.6 is 0 Å². The SMILES string of the molecule is CC(=O)c1ccc(OCC(=O)OC(C)C(=O)Nc2ccc(N3CCCCC3)cc2)cc1. The Morgan fingerprint density at radius 2 is 1.61 bits per heavy atom. The van der Waals surface area contributed by atoms with Crippen LogP contribution in [0.5, 0.6) is 5.75 Å². The lowest BCUT2D eigenvalue weighted by molar-refractivity contribution is -0.155. The molecule has 1 amide bonds. The van der Waals surface area contributed by atoms with Crippen molar-refractivity contribution in [1.29, 1.82) is 0 Å². The van der Waals surface area contributed by atoms with Crippen LogP contribution in [0, 0.1) is 0 Å². The Bertz CT molecular complexity index is 903. The molecule has 1 N–H and O–H groups in total. The van der Waals surface area contributed by atoms with Crippen molar-refractivity contribution in [1.82, 2.24) is 0 Å². The number of esters is 1. The number of rotatable bonds is 8. The van der Waals surface area contributed by atoms with E-state index in [0.717, 1.165) is 18.8 Å². The molecule has 0 aliphatic carbocycles. The zero-order chi connectivity index (χ0) is 22.2. The molecule has 1 aliphatic heterocycles. The summed E-state index contributed by atoms with van der Waals surface area (Å²) < 4.78 is 10.5. The van der Waals surface area contributed by atoms with Crippen LogP contribution in [-0.4, -0.2) is 43.5 Å². The average molecular weight is 424 g/mol. The monoisotopic (exact) mass is 424 g/mol. The van der Waals surface area contributed by atoms with Crippen molar-refractivity contribution in [3.63, 3.8) is 0 Å². The first-order valence-electron chi connectivity index (χ1n) is 10.5. The summed E-state index contributed by atoms with van der Waals surface area (Å²) in [4.78, 5) is 37.9. The summed E-state index contributed by atoms with van der Waals surface area (Å²) in [7, 11) is 0. The van der Waals surface area contributed by atoms with Crippen LogP contribution in [-0.2, 0) is 14.3 Å². The fourth-order valence-corrected chi connectivity index (χ4v) is 3.36. The Morgan fingerprint density at radius 3 is 2.23 bits per heavy atom. The number of hydrogen-bond acceptors (Lipinski definition) is 6. The number of anilines is 2. The number of nitrogens with one attached hydrogen (secondary N) is 1. The first-order valence-corrected chi connectivity index (χ1v) is 10.5. The van der Waals surface area contributed by atoms with Crippen molar-refractivity contribution in [2.75, 3.05) is 29.9 Å².